The molecule has 1 atom stereocenters. The summed E-state index contributed by atoms with van der Waals surface area (Å²) in [5.74, 6) is 0.854. The second-order valence-corrected chi connectivity index (χ2v) is 5.41. The Bertz CT molecular complexity index is 610. The number of nitrogens with one attached hydrogen (secondary N) is 1. The number of anilines is 1. The van der Waals surface area contributed by atoms with Crippen LogP contribution in [0, 0.1) is 0 Å². The van der Waals surface area contributed by atoms with Crippen LogP contribution in [0.25, 0.3) is 10.9 Å². The lowest BCUT2D eigenvalue weighted by atomic mass is 10.1. The van der Waals surface area contributed by atoms with Gasteiger partial charge in [0.05, 0.1) is 5.52 Å². The predicted molar refractivity (Wildman–Crippen MR) is 90.2 cm³/mol. The first-order valence-corrected chi connectivity index (χ1v) is 7.52. The molecule has 0 amide bonds. The van der Waals surface area contributed by atoms with E-state index in [0.29, 0.717) is 11.0 Å². The molecule has 4 heteroatoms. The number of nitrogens with two attached hydrogens (primary N) is 1. The molecule has 0 fully saturated rings. The van der Waals surface area contributed by atoms with Gasteiger partial charge in [0, 0.05) is 17.0 Å². The lowest BCUT2D eigenvalue weighted by Gasteiger charge is -2.18. The molecule has 20 heavy (non-hydrogen) atoms. The Labute approximate surface area is 125 Å². The Hall–Kier alpha value is -1.68. The Morgan fingerprint density at radius 3 is 2.75 bits per heavy atom. The number of para-hydroxylation sites is 1. The van der Waals surface area contributed by atoms with Gasteiger partial charge in [-0.25, -0.2) is 4.98 Å². The van der Waals surface area contributed by atoms with E-state index in [1.54, 1.807) is 0 Å². The molecule has 106 valence electrons. The largest absolute Gasteiger partial charge is 0.389 e. The molecule has 0 saturated heterocycles. The van der Waals surface area contributed by atoms with Crippen LogP contribution in [0.4, 0.5) is 5.82 Å². The molecule has 1 aromatic carbocycles. The smallest absolute Gasteiger partial charge is 0.127 e. The maximum absolute atomic E-state index is 5.85. The third-order valence-electron chi connectivity index (χ3n) is 3.46. The van der Waals surface area contributed by atoms with Crippen LogP contribution in [0.1, 0.15) is 38.7 Å². The highest BCUT2D eigenvalue weighted by Gasteiger charge is 2.10. The fraction of sp³-hybridized carbons (Fsp3) is 0.375. The summed E-state index contributed by atoms with van der Waals surface area (Å²) < 4.78 is 0. The first-order chi connectivity index (χ1) is 9.65. The van der Waals surface area contributed by atoms with Crippen LogP contribution in [0.3, 0.4) is 0 Å². The summed E-state index contributed by atoms with van der Waals surface area (Å²) in [7, 11) is 0. The SMILES string of the molecule is CCCC(CC)Nc1cc(C(N)=S)c2ccccc2n1. The highest BCUT2D eigenvalue weighted by Crippen LogP contribution is 2.22. The third-order valence-corrected chi connectivity index (χ3v) is 3.68. The Morgan fingerprint density at radius 2 is 2.10 bits per heavy atom. The standard InChI is InChI=1S/C16H21N3S/c1-3-7-11(4-2)18-15-10-13(16(17)20)12-8-5-6-9-14(12)19-15/h5-6,8-11H,3-4,7H2,1-2H3,(H2,17,20)(H,18,19). The maximum Gasteiger partial charge on any atom is 0.127 e. The Kier molecular flexibility index (Phi) is 4.90. The van der Waals surface area contributed by atoms with Crippen LogP contribution in [0.15, 0.2) is 30.3 Å². The van der Waals surface area contributed by atoms with Gasteiger partial charge in [-0.3, -0.25) is 0 Å². The van der Waals surface area contributed by atoms with Crippen molar-refractivity contribution in [3.63, 3.8) is 0 Å². The minimum absolute atomic E-state index is 0.412. The summed E-state index contributed by atoms with van der Waals surface area (Å²) in [5, 5.41) is 4.50. The van der Waals surface area contributed by atoms with Gasteiger partial charge >= 0.3 is 0 Å². The van der Waals surface area contributed by atoms with E-state index in [-0.39, 0.29) is 0 Å². The average Bonchev–Trinajstić information content (AvgIpc) is 2.45. The van der Waals surface area contributed by atoms with Crippen LogP contribution in [-0.2, 0) is 0 Å². The monoisotopic (exact) mass is 287 g/mol. The van der Waals surface area contributed by atoms with E-state index < -0.39 is 0 Å². The van der Waals surface area contributed by atoms with Gasteiger partial charge in [-0.1, -0.05) is 50.7 Å². The molecule has 0 bridgehead atoms. The normalized spacial score (nSPS) is 12.3. The Morgan fingerprint density at radius 1 is 1.35 bits per heavy atom. The molecule has 0 radical (unpaired) electrons. The van der Waals surface area contributed by atoms with Gasteiger partial charge in [0.2, 0.25) is 0 Å². The van der Waals surface area contributed by atoms with Crippen LogP contribution in [0.2, 0.25) is 0 Å². The van der Waals surface area contributed by atoms with Crippen molar-refractivity contribution < 1.29 is 0 Å². The molecule has 3 N–H and O–H groups in total. The molecule has 0 saturated carbocycles. The Balaban J connectivity index is 2.42. The van der Waals surface area contributed by atoms with Gasteiger partial charge in [-0.15, -0.1) is 0 Å². The molecule has 3 nitrogen and oxygen atoms in total. The third kappa shape index (κ3) is 3.25. The highest BCUT2D eigenvalue weighted by molar-refractivity contribution is 7.80. The van der Waals surface area contributed by atoms with Gasteiger partial charge in [-0.05, 0) is 25.0 Å². The lowest BCUT2D eigenvalue weighted by molar-refractivity contribution is 0.621. The van der Waals surface area contributed by atoms with E-state index in [4.69, 9.17) is 18.0 Å². The number of fused-ring (bicyclic) bond motifs is 1. The quantitative estimate of drug-likeness (QED) is 0.792. The van der Waals surface area contributed by atoms with Crippen LogP contribution < -0.4 is 11.1 Å². The summed E-state index contributed by atoms with van der Waals surface area (Å²) in [6.07, 6.45) is 3.36. The molecule has 0 aliphatic heterocycles. The van der Waals surface area contributed by atoms with Gasteiger partial charge < -0.3 is 11.1 Å². The minimum Gasteiger partial charge on any atom is -0.389 e. The number of aromatic nitrogens is 1. The maximum atomic E-state index is 5.85. The van der Waals surface area contributed by atoms with Crippen molar-refractivity contribution in [3.05, 3.63) is 35.9 Å². The van der Waals surface area contributed by atoms with E-state index in [1.807, 2.05) is 30.3 Å². The summed E-state index contributed by atoms with van der Waals surface area (Å²) >= 11 is 5.16. The van der Waals surface area contributed by atoms with Crippen molar-refractivity contribution in [3.8, 4) is 0 Å². The van der Waals surface area contributed by atoms with Crippen molar-refractivity contribution in [1.82, 2.24) is 4.98 Å². The summed E-state index contributed by atoms with van der Waals surface area (Å²) in [6, 6.07) is 10.3. The fourth-order valence-corrected chi connectivity index (χ4v) is 2.56. The number of hydrogen-bond acceptors (Lipinski definition) is 3. The van der Waals surface area contributed by atoms with E-state index in [0.717, 1.165) is 41.5 Å². The molecule has 0 spiro atoms. The van der Waals surface area contributed by atoms with Gasteiger partial charge in [0.15, 0.2) is 0 Å². The zero-order chi connectivity index (χ0) is 14.5. The van der Waals surface area contributed by atoms with Crippen LogP contribution >= 0.6 is 12.2 Å². The van der Waals surface area contributed by atoms with Crippen molar-refractivity contribution in [2.75, 3.05) is 5.32 Å². The number of benzene rings is 1. The van der Waals surface area contributed by atoms with Crippen molar-refractivity contribution in [1.29, 1.82) is 0 Å². The number of rotatable bonds is 6. The minimum atomic E-state index is 0.412. The van der Waals surface area contributed by atoms with Gasteiger partial charge in [0.25, 0.3) is 0 Å². The second kappa shape index (κ2) is 6.66. The van der Waals surface area contributed by atoms with E-state index >= 15 is 0 Å². The highest BCUT2D eigenvalue weighted by atomic mass is 32.1. The number of hydrogen-bond donors (Lipinski definition) is 2. The van der Waals surface area contributed by atoms with E-state index in [1.165, 1.54) is 0 Å². The summed E-state index contributed by atoms with van der Waals surface area (Å²) in [4.78, 5) is 5.07. The number of thiocarbonyl (C=S) groups is 1. The molecule has 2 rings (SSSR count). The zero-order valence-electron chi connectivity index (χ0n) is 12.0. The number of nitrogens with zero attached hydrogens (tertiary/aromatic N) is 1. The molecule has 1 unspecified atom stereocenters. The molecular formula is C16H21N3S. The second-order valence-electron chi connectivity index (χ2n) is 4.97. The van der Waals surface area contributed by atoms with Crippen LogP contribution in [0.5, 0.6) is 0 Å². The molecule has 2 aromatic rings. The predicted octanol–water partition coefficient (Wildman–Crippen LogP) is 3.86. The van der Waals surface area contributed by atoms with E-state index in [9.17, 15) is 0 Å². The summed E-state index contributed by atoms with van der Waals surface area (Å²) in [6.45, 7) is 4.38. The molecule has 0 aliphatic carbocycles. The number of pyridine rings is 1. The van der Waals surface area contributed by atoms with Gasteiger partial charge in [-0.2, -0.15) is 0 Å². The van der Waals surface area contributed by atoms with Gasteiger partial charge in [0.1, 0.15) is 10.8 Å². The molecule has 0 aliphatic rings. The molecule has 1 aromatic heterocycles. The molecular weight excluding hydrogens is 266 g/mol. The molecule has 1 heterocycles. The van der Waals surface area contributed by atoms with Crippen molar-refractivity contribution in [2.45, 2.75) is 39.2 Å². The van der Waals surface area contributed by atoms with Crippen LogP contribution in [-0.4, -0.2) is 16.0 Å². The van der Waals surface area contributed by atoms with Crippen molar-refractivity contribution >= 4 is 33.9 Å². The first-order valence-electron chi connectivity index (χ1n) is 7.11. The first kappa shape index (κ1) is 14.7. The summed E-state index contributed by atoms with van der Waals surface area (Å²) in [5.41, 5.74) is 7.66. The van der Waals surface area contributed by atoms with Crippen molar-refractivity contribution in [2.24, 2.45) is 5.73 Å². The lowest BCUT2D eigenvalue weighted by Crippen LogP contribution is -2.19. The average molecular weight is 287 g/mol. The van der Waals surface area contributed by atoms with E-state index in [2.05, 4.69) is 24.1 Å². The zero-order valence-corrected chi connectivity index (χ0v) is 12.8. The topological polar surface area (TPSA) is 50.9 Å². The fourth-order valence-electron chi connectivity index (χ4n) is 2.39.